The first-order valence-corrected chi connectivity index (χ1v) is 14.2. The molecule has 0 spiro atoms. The summed E-state index contributed by atoms with van der Waals surface area (Å²) < 4.78 is 4.82. The molecule has 198 valence electrons. The van der Waals surface area contributed by atoms with Gasteiger partial charge in [-0.1, -0.05) is 68.4 Å². The van der Waals surface area contributed by atoms with Crippen molar-refractivity contribution in [2.24, 2.45) is 0 Å². The lowest BCUT2D eigenvalue weighted by molar-refractivity contribution is 0.496. The van der Waals surface area contributed by atoms with Gasteiger partial charge in [-0.15, -0.1) is 0 Å². The zero-order valence-electron chi connectivity index (χ0n) is 23.3. The van der Waals surface area contributed by atoms with E-state index in [1.165, 1.54) is 60.4 Å². The molecule has 0 radical (unpaired) electrons. The summed E-state index contributed by atoms with van der Waals surface area (Å²) in [6, 6.07) is 33.6. The highest BCUT2D eigenvalue weighted by atomic mass is 15.3. The van der Waals surface area contributed by atoms with Gasteiger partial charge in [0.1, 0.15) is 5.82 Å². The van der Waals surface area contributed by atoms with Gasteiger partial charge in [0.05, 0.1) is 28.7 Å². The van der Waals surface area contributed by atoms with Crippen molar-refractivity contribution in [2.45, 2.75) is 19.3 Å². The van der Waals surface area contributed by atoms with Crippen LogP contribution in [0.1, 0.15) is 25.0 Å². The number of aromatic nitrogens is 3. The molecule has 5 heterocycles. The Morgan fingerprint density at radius 3 is 2.20 bits per heavy atom. The average molecular weight is 532 g/mol. The molecule has 0 amide bonds. The molecule has 9 rings (SSSR count). The van der Waals surface area contributed by atoms with Gasteiger partial charge in [-0.25, -0.2) is 4.98 Å². The van der Waals surface area contributed by atoms with Gasteiger partial charge in [0.2, 0.25) is 0 Å². The Bertz CT molecular complexity index is 2250. The highest BCUT2D eigenvalue weighted by Gasteiger charge is 2.35. The number of anilines is 1. The Kier molecular flexibility index (Phi) is 4.32. The molecule has 3 aromatic heterocycles. The smallest absolute Gasteiger partial charge is 0.141 e. The molecule has 41 heavy (non-hydrogen) atoms. The number of fused-ring (bicyclic) bond motifs is 8. The highest BCUT2D eigenvalue weighted by molar-refractivity contribution is 6.13. The summed E-state index contributed by atoms with van der Waals surface area (Å²) in [5.74, 6) is 1.03. The van der Waals surface area contributed by atoms with Crippen molar-refractivity contribution in [1.82, 2.24) is 19.0 Å². The molecule has 0 atom stereocenters. The van der Waals surface area contributed by atoms with Crippen LogP contribution in [0.2, 0.25) is 0 Å². The number of benzene rings is 4. The van der Waals surface area contributed by atoms with Crippen LogP contribution < -0.4 is 4.90 Å². The first-order valence-electron chi connectivity index (χ1n) is 14.2. The van der Waals surface area contributed by atoms with Crippen LogP contribution in [-0.2, 0) is 5.41 Å². The molecule has 4 aromatic carbocycles. The van der Waals surface area contributed by atoms with E-state index in [0.717, 1.165) is 18.2 Å². The summed E-state index contributed by atoms with van der Waals surface area (Å²) in [6.07, 6.45) is 6.20. The standard InChI is InChI=1S/C36H29N5/c1-36(2)29-10-6-9-28-27-16-14-24(21-33(27)41(34(28)29)35-30(36)11-7-17-37-35)40-31-12-5-4-8-25(31)26-15-13-23(20-32(26)40)39-19-18-38(3)22-39/h4-21H,22H2,1-3H3. The van der Waals surface area contributed by atoms with E-state index in [0.29, 0.717) is 0 Å². The molecule has 0 aliphatic carbocycles. The van der Waals surface area contributed by atoms with E-state index in [2.05, 4.69) is 143 Å². The van der Waals surface area contributed by atoms with Gasteiger partial charge in [-0.2, -0.15) is 0 Å². The van der Waals surface area contributed by atoms with Crippen LogP contribution in [0.5, 0.6) is 0 Å². The summed E-state index contributed by atoms with van der Waals surface area (Å²) >= 11 is 0. The Morgan fingerprint density at radius 2 is 1.34 bits per heavy atom. The highest BCUT2D eigenvalue weighted by Crippen LogP contribution is 2.47. The van der Waals surface area contributed by atoms with Crippen LogP contribution in [0.4, 0.5) is 5.69 Å². The lowest BCUT2D eigenvalue weighted by Crippen LogP contribution is -2.26. The molecule has 5 heteroatoms. The molecule has 7 aromatic rings. The number of pyridine rings is 1. The number of hydrogen-bond acceptors (Lipinski definition) is 3. The van der Waals surface area contributed by atoms with E-state index in [9.17, 15) is 0 Å². The molecule has 0 unspecified atom stereocenters. The molecule has 0 fully saturated rings. The molecular weight excluding hydrogens is 502 g/mol. The number of hydrogen-bond donors (Lipinski definition) is 0. The average Bonchev–Trinajstić information content (AvgIpc) is 3.67. The Labute approximate surface area is 238 Å². The second-order valence-electron chi connectivity index (χ2n) is 12.0. The van der Waals surface area contributed by atoms with Crippen molar-refractivity contribution in [3.63, 3.8) is 0 Å². The number of para-hydroxylation sites is 2. The molecule has 0 saturated heterocycles. The van der Waals surface area contributed by atoms with Crippen molar-refractivity contribution in [3.8, 4) is 11.5 Å². The van der Waals surface area contributed by atoms with Crippen molar-refractivity contribution in [3.05, 3.63) is 121 Å². The van der Waals surface area contributed by atoms with E-state index in [1.54, 1.807) is 0 Å². The van der Waals surface area contributed by atoms with Gasteiger partial charge < -0.3 is 14.4 Å². The summed E-state index contributed by atoms with van der Waals surface area (Å²) in [6.45, 7) is 5.48. The van der Waals surface area contributed by atoms with Gasteiger partial charge >= 0.3 is 0 Å². The lowest BCUT2D eigenvalue weighted by Gasteiger charge is -2.33. The van der Waals surface area contributed by atoms with Crippen molar-refractivity contribution in [2.75, 3.05) is 18.6 Å². The predicted molar refractivity (Wildman–Crippen MR) is 169 cm³/mol. The van der Waals surface area contributed by atoms with Gasteiger partial charge in [0.25, 0.3) is 0 Å². The van der Waals surface area contributed by atoms with Crippen molar-refractivity contribution >= 4 is 49.3 Å². The van der Waals surface area contributed by atoms with Gasteiger partial charge in [-0.05, 0) is 42.0 Å². The van der Waals surface area contributed by atoms with E-state index in [4.69, 9.17) is 4.98 Å². The van der Waals surface area contributed by atoms with Crippen molar-refractivity contribution < 1.29 is 0 Å². The SMILES string of the molecule is CN1C=CN(c2ccc3c4ccccc4n(-c4ccc5c6cccc7c6n(c5c4)-c4ncccc4C7(C)C)c3c2)C1. The maximum absolute atomic E-state index is 4.96. The Hall–Kier alpha value is -5.03. The number of rotatable bonds is 2. The maximum atomic E-state index is 4.96. The summed E-state index contributed by atoms with van der Waals surface area (Å²) in [5.41, 5.74) is 9.69. The second-order valence-corrected chi connectivity index (χ2v) is 12.0. The fraction of sp³-hybridized carbons (Fsp3) is 0.139. The van der Waals surface area contributed by atoms with Crippen LogP contribution in [0.3, 0.4) is 0 Å². The maximum Gasteiger partial charge on any atom is 0.141 e. The minimum atomic E-state index is -0.127. The first kappa shape index (κ1) is 22.8. The molecular formula is C36H29N5. The second kappa shape index (κ2) is 7.79. The molecule has 2 aliphatic heterocycles. The van der Waals surface area contributed by atoms with E-state index in [-0.39, 0.29) is 5.41 Å². The minimum absolute atomic E-state index is 0.127. The molecule has 0 N–H and O–H groups in total. The quantitative estimate of drug-likeness (QED) is 0.226. The normalized spacial score (nSPS) is 15.6. The Morgan fingerprint density at radius 1 is 0.634 bits per heavy atom. The van der Waals surface area contributed by atoms with Crippen LogP contribution in [-0.4, -0.2) is 32.7 Å². The summed E-state index contributed by atoms with van der Waals surface area (Å²) in [4.78, 5) is 9.44. The van der Waals surface area contributed by atoms with E-state index >= 15 is 0 Å². The molecule has 5 nitrogen and oxygen atoms in total. The Balaban J connectivity index is 1.37. The fourth-order valence-corrected chi connectivity index (χ4v) is 7.24. The molecule has 0 saturated carbocycles. The van der Waals surface area contributed by atoms with E-state index in [1.807, 2.05) is 6.20 Å². The molecule has 0 bridgehead atoms. The largest absolute Gasteiger partial charge is 0.361 e. The van der Waals surface area contributed by atoms with Crippen LogP contribution in [0.25, 0.3) is 55.1 Å². The third kappa shape index (κ3) is 2.93. The van der Waals surface area contributed by atoms with Crippen LogP contribution in [0.15, 0.2) is 110 Å². The third-order valence-electron chi connectivity index (χ3n) is 9.24. The van der Waals surface area contributed by atoms with E-state index < -0.39 is 0 Å². The van der Waals surface area contributed by atoms with Crippen LogP contribution in [0, 0.1) is 0 Å². The predicted octanol–water partition coefficient (Wildman–Crippen LogP) is 8.10. The summed E-state index contributed by atoms with van der Waals surface area (Å²) in [5, 5.41) is 5.06. The van der Waals surface area contributed by atoms with Crippen LogP contribution >= 0.6 is 0 Å². The van der Waals surface area contributed by atoms with Gasteiger partial charge in [-0.3, -0.25) is 4.57 Å². The third-order valence-corrected chi connectivity index (χ3v) is 9.24. The zero-order valence-corrected chi connectivity index (χ0v) is 23.3. The zero-order chi connectivity index (χ0) is 27.5. The number of nitrogens with zero attached hydrogens (tertiary/aromatic N) is 5. The summed E-state index contributed by atoms with van der Waals surface area (Å²) in [7, 11) is 2.11. The lowest BCUT2D eigenvalue weighted by atomic mass is 9.76. The fourth-order valence-electron chi connectivity index (χ4n) is 7.24. The first-order chi connectivity index (χ1) is 20.0. The van der Waals surface area contributed by atoms with Gasteiger partial charge in [0.15, 0.2) is 0 Å². The monoisotopic (exact) mass is 531 g/mol. The van der Waals surface area contributed by atoms with Gasteiger partial charge in [0, 0.05) is 69.5 Å². The van der Waals surface area contributed by atoms with Crippen molar-refractivity contribution in [1.29, 1.82) is 0 Å². The molecule has 2 aliphatic rings. The topological polar surface area (TPSA) is 29.2 Å². The minimum Gasteiger partial charge on any atom is -0.361 e.